The Kier molecular flexibility index (Phi) is 5.82. The third-order valence-corrected chi connectivity index (χ3v) is 4.22. The lowest BCUT2D eigenvalue weighted by Gasteiger charge is -2.08. The van der Waals surface area contributed by atoms with Crippen LogP contribution in [0.2, 0.25) is 0 Å². The molecule has 0 atom stereocenters. The summed E-state index contributed by atoms with van der Waals surface area (Å²) in [6, 6.07) is 11.1. The first-order chi connectivity index (χ1) is 10.9. The second-order valence-electron chi connectivity index (χ2n) is 4.43. The third kappa shape index (κ3) is 4.82. The maximum Gasteiger partial charge on any atom is 0.308 e. The maximum atomic E-state index is 11.5. The molecule has 4 nitrogen and oxygen atoms in total. The lowest BCUT2D eigenvalue weighted by Crippen LogP contribution is -2.00. The molecule has 0 saturated carbocycles. The number of hydrogen-bond acceptors (Lipinski definition) is 5. The summed E-state index contributed by atoms with van der Waals surface area (Å²) in [5.74, 6) is 0.00827. The highest BCUT2D eigenvalue weighted by molar-refractivity contribution is 7.99. The van der Waals surface area contributed by atoms with Gasteiger partial charge in [0.05, 0.1) is 0 Å². The zero-order valence-electron chi connectivity index (χ0n) is 11.8. The van der Waals surface area contributed by atoms with E-state index in [0.717, 1.165) is 4.90 Å². The molecule has 7 heteroatoms. The molecule has 118 valence electrons. The van der Waals surface area contributed by atoms with Crippen molar-refractivity contribution in [2.45, 2.75) is 16.7 Å². The largest absolute Gasteiger partial charge is 0.427 e. The Morgan fingerprint density at radius 1 is 0.957 bits per heavy atom. The molecule has 0 fully saturated rings. The van der Waals surface area contributed by atoms with Gasteiger partial charge in [0, 0.05) is 27.8 Å². The highest BCUT2D eigenvalue weighted by atomic mass is 35.5. The van der Waals surface area contributed by atoms with Crippen LogP contribution in [-0.4, -0.2) is 16.5 Å². The molecule has 0 aromatic heterocycles. The number of rotatable bonds is 5. The van der Waals surface area contributed by atoms with Crippen LogP contribution < -0.4 is 4.74 Å². The first-order valence-corrected chi connectivity index (χ1v) is 7.94. The summed E-state index contributed by atoms with van der Waals surface area (Å²) < 4.78 is 4.95. The van der Waals surface area contributed by atoms with Crippen molar-refractivity contribution in [1.29, 1.82) is 0 Å². The summed E-state index contributed by atoms with van der Waals surface area (Å²) in [5.41, 5.74) is 0.551. The van der Waals surface area contributed by atoms with Crippen LogP contribution in [0.4, 0.5) is 0 Å². The van der Waals surface area contributed by atoms with Gasteiger partial charge in [0.15, 0.2) is 0 Å². The molecule has 0 heterocycles. The van der Waals surface area contributed by atoms with E-state index in [1.165, 1.54) is 36.9 Å². The van der Waals surface area contributed by atoms with Crippen molar-refractivity contribution in [2.75, 3.05) is 0 Å². The predicted octanol–water partition coefficient (Wildman–Crippen LogP) is 4.52. The van der Waals surface area contributed by atoms with Gasteiger partial charge in [0.2, 0.25) is 0 Å². The van der Waals surface area contributed by atoms with E-state index in [4.69, 9.17) is 27.9 Å². The Morgan fingerprint density at radius 3 is 2.13 bits per heavy atom. The second-order valence-corrected chi connectivity index (χ2v) is 6.23. The standard InChI is InChI=1S/C16H10Cl2O4S/c1-9(19)22-11-3-5-12(6-4-11)23-14-8-10(15(17)20)2-7-13(14)16(18)21/h2-8H,1H3. The van der Waals surface area contributed by atoms with Crippen LogP contribution in [0.3, 0.4) is 0 Å². The van der Waals surface area contributed by atoms with Gasteiger partial charge in [-0.3, -0.25) is 14.4 Å². The lowest BCUT2D eigenvalue weighted by atomic mass is 10.1. The molecule has 0 aliphatic heterocycles. The summed E-state index contributed by atoms with van der Waals surface area (Å²) in [7, 11) is 0. The molecule has 0 radical (unpaired) electrons. The van der Waals surface area contributed by atoms with Gasteiger partial charge in [-0.2, -0.15) is 0 Å². The predicted molar refractivity (Wildman–Crippen MR) is 88.7 cm³/mol. The molecule has 2 aromatic rings. The van der Waals surface area contributed by atoms with Crippen molar-refractivity contribution in [3.05, 3.63) is 53.6 Å². The zero-order valence-corrected chi connectivity index (χ0v) is 14.2. The van der Waals surface area contributed by atoms with E-state index in [0.29, 0.717) is 10.6 Å². The van der Waals surface area contributed by atoms with Crippen molar-refractivity contribution in [3.8, 4) is 5.75 Å². The molecule has 0 spiro atoms. The van der Waals surface area contributed by atoms with Crippen LogP contribution in [0.1, 0.15) is 27.6 Å². The van der Waals surface area contributed by atoms with Crippen molar-refractivity contribution < 1.29 is 19.1 Å². The molecule has 2 aromatic carbocycles. The summed E-state index contributed by atoms with van der Waals surface area (Å²) in [6.07, 6.45) is 0. The monoisotopic (exact) mass is 368 g/mol. The van der Waals surface area contributed by atoms with E-state index in [1.54, 1.807) is 24.3 Å². The molecule has 0 saturated heterocycles. The SMILES string of the molecule is CC(=O)Oc1ccc(Sc2cc(C(=O)Cl)ccc2C(=O)Cl)cc1. The van der Waals surface area contributed by atoms with E-state index >= 15 is 0 Å². The minimum Gasteiger partial charge on any atom is -0.427 e. The number of hydrogen-bond donors (Lipinski definition) is 0. The molecule has 0 aliphatic rings. The van der Waals surface area contributed by atoms with E-state index in [2.05, 4.69) is 0 Å². The van der Waals surface area contributed by atoms with Gasteiger partial charge in [0.25, 0.3) is 10.5 Å². The van der Waals surface area contributed by atoms with Gasteiger partial charge in [-0.05, 0) is 65.7 Å². The quantitative estimate of drug-likeness (QED) is 0.441. The summed E-state index contributed by atoms with van der Waals surface area (Å²) >= 11 is 12.3. The number of carbonyl (C=O) groups excluding carboxylic acids is 3. The number of carbonyl (C=O) groups is 3. The molecule has 0 bridgehead atoms. The van der Waals surface area contributed by atoms with Gasteiger partial charge in [-0.15, -0.1) is 0 Å². The van der Waals surface area contributed by atoms with Gasteiger partial charge < -0.3 is 4.74 Å². The molecule has 0 amide bonds. The number of esters is 1. The molecule has 0 N–H and O–H groups in total. The average Bonchev–Trinajstić information content (AvgIpc) is 2.48. The van der Waals surface area contributed by atoms with E-state index in [-0.39, 0.29) is 11.1 Å². The molecular formula is C16H10Cl2O4S. The van der Waals surface area contributed by atoms with Crippen LogP contribution in [0.15, 0.2) is 52.3 Å². The van der Waals surface area contributed by atoms with Crippen molar-refractivity contribution in [3.63, 3.8) is 0 Å². The van der Waals surface area contributed by atoms with Crippen LogP contribution in [0, 0.1) is 0 Å². The van der Waals surface area contributed by atoms with Crippen molar-refractivity contribution in [2.24, 2.45) is 0 Å². The van der Waals surface area contributed by atoms with E-state index in [1.807, 2.05) is 0 Å². The minimum atomic E-state index is -0.627. The molecular weight excluding hydrogens is 359 g/mol. The molecule has 0 unspecified atom stereocenters. The summed E-state index contributed by atoms with van der Waals surface area (Å²) in [5, 5.41) is -1.25. The molecule has 0 aliphatic carbocycles. The van der Waals surface area contributed by atoms with Gasteiger partial charge in [0.1, 0.15) is 5.75 Å². The normalized spacial score (nSPS) is 10.2. The number of ether oxygens (including phenoxy) is 1. The summed E-state index contributed by atoms with van der Waals surface area (Å²) in [6.45, 7) is 1.32. The average molecular weight is 369 g/mol. The van der Waals surface area contributed by atoms with Crippen LogP contribution in [-0.2, 0) is 4.79 Å². The highest BCUT2D eigenvalue weighted by Gasteiger charge is 2.14. The fraction of sp³-hybridized carbons (Fsp3) is 0.0625. The fourth-order valence-corrected chi connectivity index (χ4v) is 3.08. The molecule has 2 rings (SSSR count). The van der Waals surface area contributed by atoms with Crippen molar-refractivity contribution >= 4 is 51.4 Å². The van der Waals surface area contributed by atoms with Gasteiger partial charge in [-0.1, -0.05) is 11.8 Å². The Morgan fingerprint density at radius 2 is 1.61 bits per heavy atom. The van der Waals surface area contributed by atoms with Gasteiger partial charge in [-0.25, -0.2) is 0 Å². The lowest BCUT2D eigenvalue weighted by molar-refractivity contribution is -0.131. The Balaban J connectivity index is 2.30. The van der Waals surface area contributed by atoms with Gasteiger partial charge >= 0.3 is 5.97 Å². The van der Waals surface area contributed by atoms with Crippen LogP contribution >= 0.6 is 35.0 Å². The highest BCUT2D eigenvalue weighted by Crippen LogP contribution is 2.33. The Labute approximate surface area is 146 Å². The van der Waals surface area contributed by atoms with Crippen LogP contribution in [0.5, 0.6) is 5.75 Å². The number of halogens is 2. The van der Waals surface area contributed by atoms with E-state index in [9.17, 15) is 14.4 Å². The first kappa shape index (κ1) is 17.5. The molecule has 23 heavy (non-hydrogen) atoms. The fourth-order valence-electron chi connectivity index (χ4n) is 1.76. The zero-order chi connectivity index (χ0) is 17.0. The second kappa shape index (κ2) is 7.64. The smallest absolute Gasteiger partial charge is 0.308 e. The third-order valence-electron chi connectivity index (χ3n) is 2.73. The topological polar surface area (TPSA) is 60.4 Å². The maximum absolute atomic E-state index is 11.5. The Bertz CT molecular complexity index is 772. The number of benzene rings is 2. The van der Waals surface area contributed by atoms with E-state index < -0.39 is 16.5 Å². The Hall–Kier alpha value is -1.82. The summed E-state index contributed by atoms with van der Waals surface area (Å²) in [4.78, 5) is 34.9. The van der Waals surface area contributed by atoms with Crippen molar-refractivity contribution in [1.82, 2.24) is 0 Å². The first-order valence-electron chi connectivity index (χ1n) is 6.37. The van der Waals surface area contributed by atoms with Crippen LogP contribution in [0.25, 0.3) is 0 Å². The minimum absolute atomic E-state index is 0.271.